The van der Waals surface area contributed by atoms with Crippen molar-refractivity contribution in [1.82, 2.24) is 10.2 Å². The fraction of sp³-hybridized carbons (Fsp3) is 0.333. The highest BCUT2D eigenvalue weighted by Crippen LogP contribution is 2.34. The molecule has 1 fully saturated rings. The second kappa shape index (κ2) is 8.71. The maximum atomic E-state index is 12.4. The number of hydrogen-bond acceptors (Lipinski definition) is 5. The molecule has 2 aromatic rings. The summed E-state index contributed by atoms with van der Waals surface area (Å²) in [6.07, 6.45) is 4.79. The molecule has 3 atom stereocenters. The topological polar surface area (TPSA) is 92.8 Å². The van der Waals surface area contributed by atoms with Gasteiger partial charge in [-0.1, -0.05) is 54.6 Å². The number of carbonyl (C=O) groups excluding carboxylic acids is 4. The van der Waals surface area contributed by atoms with E-state index in [0.717, 1.165) is 21.2 Å². The van der Waals surface area contributed by atoms with Gasteiger partial charge in [0.2, 0.25) is 11.8 Å². The van der Waals surface area contributed by atoms with E-state index in [4.69, 9.17) is 4.74 Å². The summed E-state index contributed by atoms with van der Waals surface area (Å²) in [5, 5.41) is 4.93. The molecular formula is C24H24N2O5. The molecule has 7 heteroatoms. The summed E-state index contributed by atoms with van der Waals surface area (Å²) < 4.78 is 5.03. The molecule has 7 nitrogen and oxygen atoms in total. The predicted octanol–water partition coefficient (Wildman–Crippen LogP) is 2.51. The van der Waals surface area contributed by atoms with Gasteiger partial charge in [-0.2, -0.15) is 0 Å². The number of nitrogens with zero attached hydrogens (tertiary/aromatic N) is 1. The number of nitrogens with one attached hydrogen (secondary N) is 1. The lowest BCUT2D eigenvalue weighted by Gasteiger charge is -2.17. The van der Waals surface area contributed by atoms with Crippen LogP contribution in [-0.4, -0.2) is 41.7 Å². The van der Waals surface area contributed by atoms with Gasteiger partial charge in [-0.05, 0) is 36.1 Å². The van der Waals surface area contributed by atoms with Gasteiger partial charge in [0.15, 0.2) is 6.61 Å². The second-order valence-corrected chi connectivity index (χ2v) is 7.94. The van der Waals surface area contributed by atoms with E-state index in [1.807, 2.05) is 61.5 Å². The van der Waals surface area contributed by atoms with Gasteiger partial charge in [0.05, 0.1) is 17.9 Å². The van der Waals surface area contributed by atoms with Crippen molar-refractivity contribution in [2.45, 2.75) is 25.8 Å². The number of carbonyl (C=O) groups is 4. The van der Waals surface area contributed by atoms with Crippen LogP contribution in [0.4, 0.5) is 0 Å². The van der Waals surface area contributed by atoms with Gasteiger partial charge in [0, 0.05) is 0 Å². The second-order valence-electron chi connectivity index (χ2n) is 7.94. The monoisotopic (exact) mass is 420 g/mol. The van der Waals surface area contributed by atoms with E-state index in [9.17, 15) is 19.2 Å². The van der Waals surface area contributed by atoms with E-state index in [-0.39, 0.29) is 17.9 Å². The Kier molecular flexibility index (Phi) is 5.84. The lowest BCUT2D eigenvalue weighted by molar-refractivity contribution is -0.155. The van der Waals surface area contributed by atoms with Crippen LogP contribution in [0.15, 0.2) is 54.6 Å². The number of amides is 3. The SMILES string of the molecule is C[C@H](NC(=O)COC(=O)CN1C(=O)[C@H]2CC=CC[C@@H]2C1=O)c1cccc2ccccc12. The summed E-state index contributed by atoms with van der Waals surface area (Å²) in [6, 6.07) is 13.5. The van der Waals surface area contributed by atoms with Crippen molar-refractivity contribution >= 4 is 34.5 Å². The highest BCUT2D eigenvalue weighted by atomic mass is 16.5. The van der Waals surface area contributed by atoms with Crippen LogP contribution in [0.1, 0.15) is 31.4 Å². The number of rotatable bonds is 6. The predicted molar refractivity (Wildman–Crippen MR) is 114 cm³/mol. The van der Waals surface area contributed by atoms with Gasteiger partial charge >= 0.3 is 5.97 Å². The van der Waals surface area contributed by atoms with Gasteiger partial charge in [0.1, 0.15) is 6.54 Å². The van der Waals surface area contributed by atoms with Crippen molar-refractivity contribution < 1.29 is 23.9 Å². The Morgan fingerprint density at radius 2 is 1.68 bits per heavy atom. The molecule has 4 rings (SSSR count). The first-order chi connectivity index (χ1) is 15.0. The van der Waals surface area contributed by atoms with Crippen molar-refractivity contribution in [2.75, 3.05) is 13.2 Å². The van der Waals surface area contributed by atoms with Crippen LogP contribution in [0.25, 0.3) is 10.8 Å². The summed E-state index contributed by atoms with van der Waals surface area (Å²) in [6.45, 7) is 0.925. The molecule has 160 valence electrons. The van der Waals surface area contributed by atoms with E-state index in [1.54, 1.807) is 0 Å². The highest BCUT2D eigenvalue weighted by Gasteiger charge is 2.47. The molecule has 0 unspecified atom stereocenters. The Hall–Kier alpha value is -3.48. The van der Waals surface area contributed by atoms with Gasteiger partial charge in [-0.25, -0.2) is 0 Å². The van der Waals surface area contributed by atoms with Crippen molar-refractivity contribution in [3.05, 3.63) is 60.2 Å². The Labute approximate surface area is 180 Å². The van der Waals surface area contributed by atoms with Gasteiger partial charge in [-0.15, -0.1) is 0 Å². The molecule has 2 aliphatic rings. The number of benzene rings is 2. The fourth-order valence-corrected chi connectivity index (χ4v) is 4.33. The standard InChI is InChI=1S/C24H24N2O5/c1-15(17-12-6-8-16-7-2-3-9-18(16)17)25-21(27)14-31-22(28)13-26-23(29)19-10-4-5-11-20(19)24(26)30/h2-9,12,15,19-20H,10-11,13-14H2,1H3,(H,25,27)/t15-,19-,20-/m0/s1. The summed E-state index contributed by atoms with van der Waals surface area (Å²) in [5.74, 6) is -2.70. The molecular weight excluding hydrogens is 396 g/mol. The number of esters is 1. The maximum absolute atomic E-state index is 12.4. The first-order valence-electron chi connectivity index (χ1n) is 10.4. The molecule has 31 heavy (non-hydrogen) atoms. The average Bonchev–Trinajstić information content (AvgIpc) is 3.02. The van der Waals surface area contributed by atoms with E-state index in [1.165, 1.54) is 0 Å². The number of likely N-dealkylation sites (tertiary alicyclic amines) is 1. The zero-order valence-electron chi connectivity index (χ0n) is 17.2. The van der Waals surface area contributed by atoms with E-state index in [0.29, 0.717) is 12.8 Å². The van der Waals surface area contributed by atoms with Crippen molar-refractivity contribution in [3.8, 4) is 0 Å². The van der Waals surface area contributed by atoms with E-state index in [2.05, 4.69) is 5.32 Å². The Balaban J connectivity index is 1.30. The van der Waals surface area contributed by atoms with Crippen molar-refractivity contribution in [2.24, 2.45) is 11.8 Å². The van der Waals surface area contributed by atoms with Crippen LogP contribution in [0.5, 0.6) is 0 Å². The minimum absolute atomic E-state index is 0.283. The van der Waals surface area contributed by atoms with Crippen LogP contribution in [0.3, 0.4) is 0 Å². The Morgan fingerprint density at radius 3 is 2.39 bits per heavy atom. The third-order valence-corrected chi connectivity index (χ3v) is 5.92. The van der Waals surface area contributed by atoms with E-state index < -0.39 is 36.9 Å². The molecule has 3 amide bonds. The highest BCUT2D eigenvalue weighted by molar-refractivity contribution is 6.07. The molecule has 1 N–H and O–H groups in total. The molecule has 1 saturated heterocycles. The summed E-state index contributed by atoms with van der Waals surface area (Å²) in [7, 11) is 0. The number of imide groups is 1. The molecule has 0 bridgehead atoms. The molecule has 0 radical (unpaired) electrons. The first kappa shape index (κ1) is 20.8. The minimum Gasteiger partial charge on any atom is -0.454 e. The first-order valence-corrected chi connectivity index (χ1v) is 10.4. The number of hydrogen-bond donors (Lipinski definition) is 1. The summed E-state index contributed by atoms with van der Waals surface area (Å²) in [5.41, 5.74) is 0.960. The average molecular weight is 420 g/mol. The van der Waals surface area contributed by atoms with Crippen LogP contribution in [0.2, 0.25) is 0 Å². The smallest absolute Gasteiger partial charge is 0.326 e. The zero-order valence-corrected chi connectivity index (χ0v) is 17.2. The van der Waals surface area contributed by atoms with Crippen LogP contribution in [-0.2, 0) is 23.9 Å². The van der Waals surface area contributed by atoms with Gasteiger partial charge < -0.3 is 10.1 Å². The number of fused-ring (bicyclic) bond motifs is 2. The fourth-order valence-electron chi connectivity index (χ4n) is 4.33. The third kappa shape index (κ3) is 4.21. The summed E-state index contributed by atoms with van der Waals surface area (Å²) >= 11 is 0. The summed E-state index contributed by atoms with van der Waals surface area (Å²) in [4.78, 5) is 50.3. The lowest BCUT2D eigenvalue weighted by atomic mass is 9.85. The Morgan fingerprint density at radius 1 is 1.03 bits per heavy atom. The normalized spacial score (nSPS) is 21.1. The van der Waals surface area contributed by atoms with Crippen molar-refractivity contribution in [1.29, 1.82) is 0 Å². The lowest BCUT2D eigenvalue weighted by Crippen LogP contribution is -2.38. The molecule has 0 aromatic heterocycles. The molecule has 2 aromatic carbocycles. The quantitative estimate of drug-likeness (QED) is 0.440. The molecule has 1 aliphatic heterocycles. The molecule has 0 saturated carbocycles. The van der Waals surface area contributed by atoms with Crippen molar-refractivity contribution in [3.63, 3.8) is 0 Å². The van der Waals surface area contributed by atoms with Crippen LogP contribution < -0.4 is 5.32 Å². The number of ether oxygens (including phenoxy) is 1. The van der Waals surface area contributed by atoms with Gasteiger partial charge in [0.25, 0.3) is 5.91 Å². The third-order valence-electron chi connectivity index (χ3n) is 5.92. The largest absolute Gasteiger partial charge is 0.454 e. The van der Waals surface area contributed by atoms with Crippen LogP contribution in [0, 0.1) is 11.8 Å². The Bertz CT molecular complexity index is 1050. The van der Waals surface area contributed by atoms with E-state index >= 15 is 0 Å². The minimum atomic E-state index is -0.777. The number of allylic oxidation sites excluding steroid dienone is 2. The van der Waals surface area contributed by atoms with Gasteiger partial charge in [-0.3, -0.25) is 24.1 Å². The molecule has 1 aliphatic carbocycles. The molecule has 1 heterocycles. The molecule has 0 spiro atoms. The van der Waals surface area contributed by atoms with Crippen LogP contribution >= 0.6 is 0 Å². The zero-order chi connectivity index (χ0) is 22.0. The maximum Gasteiger partial charge on any atom is 0.326 e.